The average molecular weight is 311 g/mol. The first-order valence-corrected chi connectivity index (χ1v) is 7.20. The van der Waals surface area contributed by atoms with E-state index in [1.807, 2.05) is 6.07 Å². The zero-order chi connectivity index (χ0) is 13.4. The Hall–Kier alpha value is -0.315. The van der Waals surface area contributed by atoms with Gasteiger partial charge < -0.3 is 9.31 Å². The molecule has 0 unspecified atom stereocenters. The van der Waals surface area contributed by atoms with E-state index < -0.39 is 0 Å². The minimum atomic E-state index is -0.231. The quantitative estimate of drug-likeness (QED) is 0.783. The highest BCUT2D eigenvalue weighted by Crippen LogP contribution is 2.38. The van der Waals surface area contributed by atoms with Gasteiger partial charge in [-0.1, -0.05) is 34.1 Å². The second-order valence-electron chi connectivity index (χ2n) is 5.82. The lowest BCUT2D eigenvalue weighted by Gasteiger charge is -2.32. The topological polar surface area (TPSA) is 18.5 Å². The predicted molar refractivity (Wildman–Crippen MR) is 78.7 cm³/mol. The Labute approximate surface area is 118 Å². The van der Waals surface area contributed by atoms with Gasteiger partial charge in [0.05, 0.1) is 11.2 Å². The number of halogens is 1. The summed E-state index contributed by atoms with van der Waals surface area (Å²) in [6.07, 6.45) is 1.84. The maximum atomic E-state index is 5.99. The summed E-state index contributed by atoms with van der Waals surface area (Å²) in [5, 5.41) is 0. The minimum absolute atomic E-state index is 0.109. The van der Waals surface area contributed by atoms with E-state index >= 15 is 0 Å². The van der Waals surface area contributed by atoms with Crippen LogP contribution in [0, 0.1) is 0 Å². The van der Waals surface area contributed by atoms with Crippen molar-refractivity contribution in [1.82, 2.24) is 0 Å². The van der Waals surface area contributed by atoms with Crippen molar-refractivity contribution < 1.29 is 9.31 Å². The number of aryl methyl sites for hydroxylation is 1. The van der Waals surface area contributed by atoms with Crippen LogP contribution in [-0.4, -0.2) is 18.3 Å². The van der Waals surface area contributed by atoms with Crippen molar-refractivity contribution in [3.8, 4) is 0 Å². The molecular formula is C14H20BBrO2. The molecule has 1 aliphatic rings. The SMILES string of the molecule is CC1(C)OB(CCc2ccccc2Br)OC1(C)C. The van der Waals surface area contributed by atoms with E-state index in [1.54, 1.807) is 0 Å². The van der Waals surface area contributed by atoms with Crippen LogP contribution in [0.1, 0.15) is 33.3 Å². The van der Waals surface area contributed by atoms with Crippen molar-refractivity contribution in [2.24, 2.45) is 0 Å². The summed E-state index contributed by atoms with van der Waals surface area (Å²) in [5.41, 5.74) is 0.837. The second kappa shape index (κ2) is 4.99. The molecule has 18 heavy (non-hydrogen) atoms. The summed E-state index contributed by atoms with van der Waals surface area (Å²) >= 11 is 3.57. The Bertz CT molecular complexity index is 416. The fourth-order valence-electron chi connectivity index (χ4n) is 2.06. The molecule has 0 atom stereocenters. The molecule has 1 heterocycles. The van der Waals surface area contributed by atoms with E-state index in [9.17, 15) is 0 Å². The van der Waals surface area contributed by atoms with E-state index in [0.29, 0.717) is 0 Å². The average Bonchev–Trinajstić information content (AvgIpc) is 2.46. The Morgan fingerprint density at radius 2 is 1.61 bits per heavy atom. The Morgan fingerprint density at radius 3 is 2.17 bits per heavy atom. The van der Waals surface area contributed by atoms with Crippen LogP contribution < -0.4 is 0 Å². The van der Waals surface area contributed by atoms with Crippen LogP contribution >= 0.6 is 15.9 Å². The van der Waals surface area contributed by atoms with Crippen molar-refractivity contribution in [3.05, 3.63) is 34.3 Å². The molecule has 1 saturated heterocycles. The van der Waals surface area contributed by atoms with Gasteiger partial charge in [0.1, 0.15) is 0 Å². The summed E-state index contributed by atoms with van der Waals surface area (Å²) in [7, 11) is -0.109. The highest BCUT2D eigenvalue weighted by atomic mass is 79.9. The lowest BCUT2D eigenvalue weighted by molar-refractivity contribution is 0.00578. The number of hydrogen-bond donors (Lipinski definition) is 0. The molecule has 2 rings (SSSR count). The summed E-state index contributed by atoms with van der Waals surface area (Å²) in [5.74, 6) is 0. The van der Waals surface area contributed by atoms with Gasteiger partial charge in [0.2, 0.25) is 0 Å². The molecule has 0 spiro atoms. The van der Waals surface area contributed by atoms with Gasteiger partial charge in [-0.15, -0.1) is 0 Å². The molecule has 1 fully saturated rings. The molecule has 0 N–H and O–H groups in total. The lowest BCUT2D eigenvalue weighted by atomic mass is 9.81. The highest BCUT2D eigenvalue weighted by molar-refractivity contribution is 9.10. The van der Waals surface area contributed by atoms with Crippen molar-refractivity contribution in [1.29, 1.82) is 0 Å². The number of benzene rings is 1. The highest BCUT2D eigenvalue weighted by Gasteiger charge is 2.50. The zero-order valence-corrected chi connectivity index (χ0v) is 13.1. The fraction of sp³-hybridized carbons (Fsp3) is 0.571. The molecule has 0 amide bonds. The van der Waals surface area contributed by atoms with Gasteiger partial charge in [0.15, 0.2) is 0 Å². The number of hydrogen-bond acceptors (Lipinski definition) is 2. The monoisotopic (exact) mass is 310 g/mol. The van der Waals surface area contributed by atoms with Crippen LogP contribution in [-0.2, 0) is 15.7 Å². The van der Waals surface area contributed by atoms with Gasteiger partial charge in [-0.3, -0.25) is 0 Å². The molecule has 4 heteroatoms. The minimum Gasteiger partial charge on any atom is -0.403 e. The van der Waals surface area contributed by atoms with Crippen LogP contribution in [0.5, 0.6) is 0 Å². The van der Waals surface area contributed by atoms with Crippen LogP contribution in [0.4, 0.5) is 0 Å². The maximum Gasteiger partial charge on any atom is 0.458 e. The zero-order valence-electron chi connectivity index (χ0n) is 11.5. The number of rotatable bonds is 3. The third kappa shape index (κ3) is 2.81. The van der Waals surface area contributed by atoms with Crippen LogP contribution in [0.3, 0.4) is 0 Å². The second-order valence-corrected chi connectivity index (χ2v) is 6.67. The smallest absolute Gasteiger partial charge is 0.403 e. The first-order valence-electron chi connectivity index (χ1n) is 6.41. The van der Waals surface area contributed by atoms with Crippen molar-refractivity contribution in [3.63, 3.8) is 0 Å². The van der Waals surface area contributed by atoms with Crippen LogP contribution in [0.15, 0.2) is 28.7 Å². The molecule has 1 aromatic rings. The molecule has 0 aromatic heterocycles. The summed E-state index contributed by atoms with van der Waals surface area (Å²) < 4.78 is 13.1. The molecular weight excluding hydrogens is 291 g/mol. The van der Waals surface area contributed by atoms with E-state index in [2.05, 4.69) is 61.8 Å². The first kappa shape index (κ1) is 14.1. The molecule has 1 aromatic carbocycles. The van der Waals surface area contributed by atoms with Crippen molar-refractivity contribution >= 4 is 23.0 Å². The van der Waals surface area contributed by atoms with E-state index in [1.165, 1.54) is 5.56 Å². The summed E-state index contributed by atoms with van der Waals surface area (Å²) in [6, 6.07) is 8.29. The lowest BCUT2D eigenvalue weighted by Crippen LogP contribution is -2.41. The Kier molecular flexibility index (Phi) is 3.91. The van der Waals surface area contributed by atoms with Crippen LogP contribution in [0.25, 0.3) is 0 Å². The largest absolute Gasteiger partial charge is 0.458 e. The third-order valence-corrected chi connectivity index (χ3v) is 4.68. The normalized spacial score (nSPS) is 21.3. The van der Waals surface area contributed by atoms with Gasteiger partial charge in [-0.05, 0) is 52.1 Å². The molecule has 2 nitrogen and oxygen atoms in total. The van der Waals surface area contributed by atoms with Gasteiger partial charge in [0.25, 0.3) is 0 Å². The van der Waals surface area contributed by atoms with Gasteiger partial charge in [-0.25, -0.2) is 0 Å². The van der Waals surface area contributed by atoms with E-state index in [-0.39, 0.29) is 18.3 Å². The molecule has 0 aliphatic carbocycles. The maximum absolute atomic E-state index is 5.99. The predicted octanol–water partition coefficient (Wildman–Crippen LogP) is 4.08. The van der Waals surface area contributed by atoms with Gasteiger partial charge >= 0.3 is 7.12 Å². The molecule has 0 bridgehead atoms. The van der Waals surface area contributed by atoms with Crippen molar-refractivity contribution in [2.75, 3.05) is 0 Å². The molecule has 1 aliphatic heterocycles. The third-order valence-electron chi connectivity index (χ3n) is 3.91. The van der Waals surface area contributed by atoms with Gasteiger partial charge in [-0.2, -0.15) is 0 Å². The van der Waals surface area contributed by atoms with Crippen molar-refractivity contribution in [2.45, 2.75) is 51.6 Å². The van der Waals surface area contributed by atoms with Gasteiger partial charge in [0, 0.05) is 4.47 Å². The summed E-state index contributed by atoms with van der Waals surface area (Å²) in [6.45, 7) is 8.35. The Balaban J connectivity index is 1.96. The Morgan fingerprint density at radius 1 is 1.06 bits per heavy atom. The molecule has 0 saturated carbocycles. The standard InChI is InChI=1S/C14H20BBrO2/c1-13(2)14(3,4)18-15(17-13)10-9-11-7-5-6-8-12(11)16/h5-8H,9-10H2,1-4H3. The molecule has 0 radical (unpaired) electrons. The molecule has 98 valence electrons. The first-order chi connectivity index (χ1) is 8.32. The van der Waals surface area contributed by atoms with E-state index in [4.69, 9.17) is 9.31 Å². The summed E-state index contributed by atoms with van der Waals surface area (Å²) in [4.78, 5) is 0. The van der Waals surface area contributed by atoms with E-state index in [0.717, 1.165) is 17.2 Å². The van der Waals surface area contributed by atoms with Crippen LogP contribution in [0.2, 0.25) is 6.32 Å². The fourth-order valence-corrected chi connectivity index (χ4v) is 2.54.